The van der Waals surface area contributed by atoms with Gasteiger partial charge in [0.2, 0.25) is 11.7 Å². The lowest BCUT2D eigenvalue weighted by molar-refractivity contribution is -0.141. The molecule has 1 saturated heterocycles. The van der Waals surface area contributed by atoms with E-state index in [0.29, 0.717) is 37.6 Å². The van der Waals surface area contributed by atoms with E-state index in [4.69, 9.17) is 16.3 Å². The highest BCUT2D eigenvalue weighted by Crippen LogP contribution is 2.30. The molecule has 2 aliphatic heterocycles. The molecule has 2 aliphatic rings. The zero-order chi connectivity index (χ0) is 35.0. The number of aromatic hydroxyl groups is 1. The van der Waals surface area contributed by atoms with Crippen LogP contribution in [0.1, 0.15) is 46.7 Å². The maximum Gasteiger partial charge on any atom is 0.433 e. The Hall–Kier alpha value is -5.03. The number of nitrogens with one attached hydrogen (secondary N) is 1. The zero-order valence-corrected chi connectivity index (χ0v) is 27.2. The van der Waals surface area contributed by atoms with Gasteiger partial charge in [-0.15, -0.1) is 5.10 Å². The molecule has 0 aliphatic carbocycles. The summed E-state index contributed by atoms with van der Waals surface area (Å²) in [6.45, 7) is 4.46. The van der Waals surface area contributed by atoms with Crippen LogP contribution in [0.15, 0.2) is 35.3 Å². The summed E-state index contributed by atoms with van der Waals surface area (Å²) >= 11 is 5.97. The van der Waals surface area contributed by atoms with Crippen molar-refractivity contribution in [1.82, 2.24) is 34.0 Å². The summed E-state index contributed by atoms with van der Waals surface area (Å²) in [4.78, 5) is 56.3. The second kappa shape index (κ2) is 13.5. The molecule has 6 rings (SSSR count). The van der Waals surface area contributed by atoms with Gasteiger partial charge in [0.15, 0.2) is 17.3 Å². The maximum atomic E-state index is 14.1. The van der Waals surface area contributed by atoms with Gasteiger partial charge in [0.05, 0.1) is 35.3 Å². The number of carbonyl (C=O) groups excluding carboxylic acids is 2. The molecule has 0 saturated carbocycles. The minimum Gasteiger partial charge on any atom is -0.504 e. The number of hydrogen-bond acceptors (Lipinski definition) is 10. The number of anilines is 2. The van der Waals surface area contributed by atoms with Gasteiger partial charge in [-0.2, -0.15) is 22.7 Å². The number of carbonyl (C=O) groups is 2. The number of nitrogens with zero attached hydrogens (tertiary/aromatic N) is 8. The van der Waals surface area contributed by atoms with Gasteiger partial charge in [-0.3, -0.25) is 14.4 Å². The van der Waals surface area contributed by atoms with Crippen LogP contribution in [0, 0.1) is 6.92 Å². The van der Waals surface area contributed by atoms with E-state index in [1.807, 2.05) is 17.9 Å². The first-order valence-corrected chi connectivity index (χ1v) is 15.8. The minimum absolute atomic E-state index is 0.00377. The van der Waals surface area contributed by atoms with E-state index < -0.39 is 35.0 Å². The Balaban J connectivity index is 1.35. The molecule has 4 aromatic heterocycles. The van der Waals surface area contributed by atoms with Crippen molar-refractivity contribution in [3.05, 3.63) is 74.4 Å². The molecule has 0 atom stereocenters. The molecule has 4 aromatic rings. The number of ether oxygens (including phenoxy) is 1. The first-order valence-electron chi connectivity index (χ1n) is 15.4. The van der Waals surface area contributed by atoms with Crippen molar-refractivity contribution >= 4 is 46.1 Å². The first kappa shape index (κ1) is 33.9. The van der Waals surface area contributed by atoms with Crippen LogP contribution in [0.25, 0.3) is 11.4 Å². The summed E-state index contributed by atoms with van der Waals surface area (Å²) in [5.41, 5.74) is -0.122. The number of hydrogen-bond donors (Lipinski definition) is 2. The monoisotopic (exact) mass is 701 g/mol. The topological polar surface area (TPSA) is 160 Å². The van der Waals surface area contributed by atoms with Crippen molar-refractivity contribution in [2.75, 3.05) is 49.6 Å². The van der Waals surface area contributed by atoms with Gasteiger partial charge in [0, 0.05) is 32.4 Å². The number of pyridine rings is 2. The molecule has 0 spiro atoms. The molecule has 0 radical (unpaired) electrons. The molecule has 6 heterocycles. The summed E-state index contributed by atoms with van der Waals surface area (Å²) < 4.78 is 47.6. The number of halogens is 4. The lowest BCUT2D eigenvalue weighted by atomic mass is 10.1. The standard InChI is InChI=1S/C31H31ClF3N9O5/c1-3-21-25(41-10-12-42(13-11-41)28(47)24-26(46)19(32)6-9-36-24)29(48)44-30(39-27(40-44)18-7-14-49-15-8-18)43(21)16-23(45)38-20-4-5-22(31(33,34)35)37-17(20)2/h4-7,9,46H,3,8,10-16H2,1-2H3,(H,38,45). The molecule has 2 amide bonds. The van der Waals surface area contributed by atoms with E-state index in [0.717, 1.165) is 22.2 Å². The third kappa shape index (κ3) is 6.67. The van der Waals surface area contributed by atoms with Gasteiger partial charge >= 0.3 is 6.18 Å². The molecular formula is C31H31ClF3N9O5. The van der Waals surface area contributed by atoms with E-state index in [9.17, 15) is 32.7 Å². The second-order valence-electron chi connectivity index (χ2n) is 11.4. The van der Waals surface area contributed by atoms with Crippen molar-refractivity contribution in [3.8, 4) is 5.75 Å². The van der Waals surface area contributed by atoms with Gasteiger partial charge in [-0.1, -0.05) is 24.6 Å². The van der Waals surface area contributed by atoms with Crippen molar-refractivity contribution in [2.24, 2.45) is 0 Å². The van der Waals surface area contributed by atoms with Crippen LogP contribution in [0.5, 0.6) is 5.75 Å². The second-order valence-corrected chi connectivity index (χ2v) is 11.8. The fourth-order valence-electron chi connectivity index (χ4n) is 5.85. The lowest BCUT2D eigenvalue weighted by Crippen LogP contribution is -2.51. The van der Waals surface area contributed by atoms with Crippen LogP contribution in [-0.2, 0) is 28.7 Å². The van der Waals surface area contributed by atoms with E-state index in [-0.39, 0.29) is 66.3 Å². The van der Waals surface area contributed by atoms with Gasteiger partial charge in [0.1, 0.15) is 17.9 Å². The Labute approximate surface area is 281 Å². The Kier molecular flexibility index (Phi) is 9.30. The van der Waals surface area contributed by atoms with Gasteiger partial charge in [0.25, 0.3) is 11.5 Å². The SMILES string of the molecule is CCc1c(N2CCN(C(=O)c3nccc(Cl)c3O)CC2)c(=O)n2nc(C3=CCOCC3)nc2n1CC(=O)Nc1ccc(C(F)(F)F)nc1C. The summed E-state index contributed by atoms with van der Waals surface area (Å²) in [5, 5.41) is 17.4. The van der Waals surface area contributed by atoms with Crippen molar-refractivity contribution in [3.63, 3.8) is 0 Å². The van der Waals surface area contributed by atoms with Crippen LogP contribution in [0.3, 0.4) is 0 Å². The van der Waals surface area contributed by atoms with Crippen LogP contribution < -0.4 is 15.8 Å². The van der Waals surface area contributed by atoms with Gasteiger partial charge in [-0.05, 0) is 43.5 Å². The number of amides is 2. The molecule has 18 heteroatoms. The first-order chi connectivity index (χ1) is 23.4. The predicted molar refractivity (Wildman–Crippen MR) is 172 cm³/mol. The van der Waals surface area contributed by atoms with E-state index in [1.54, 1.807) is 4.57 Å². The molecule has 1 fully saturated rings. The number of alkyl halides is 3. The van der Waals surface area contributed by atoms with Crippen LogP contribution in [0.4, 0.5) is 24.5 Å². The maximum absolute atomic E-state index is 14.1. The highest BCUT2D eigenvalue weighted by molar-refractivity contribution is 6.32. The number of aryl methyl sites for hydroxylation is 1. The van der Waals surface area contributed by atoms with Crippen LogP contribution in [0.2, 0.25) is 5.02 Å². The third-order valence-corrected chi connectivity index (χ3v) is 8.63. The van der Waals surface area contributed by atoms with Crippen molar-refractivity contribution in [2.45, 2.75) is 39.4 Å². The highest BCUT2D eigenvalue weighted by Gasteiger charge is 2.33. The molecule has 49 heavy (non-hydrogen) atoms. The van der Waals surface area contributed by atoms with E-state index in [2.05, 4.69) is 25.4 Å². The highest BCUT2D eigenvalue weighted by atomic mass is 35.5. The van der Waals surface area contributed by atoms with E-state index in [1.165, 1.54) is 24.1 Å². The summed E-state index contributed by atoms with van der Waals surface area (Å²) in [5.74, 6) is -1.10. The van der Waals surface area contributed by atoms with Crippen molar-refractivity contribution in [1.29, 1.82) is 0 Å². The zero-order valence-electron chi connectivity index (χ0n) is 26.4. The Morgan fingerprint density at radius 3 is 2.53 bits per heavy atom. The molecule has 0 aromatic carbocycles. The normalized spacial score (nSPS) is 15.4. The van der Waals surface area contributed by atoms with Crippen LogP contribution >= 0.6 is 11.6 Å². The van der Waals surface area contributed by atoms with E-state index >= 15 is 0 Å². The fraction of sp³-hybridized carbons (Fsp3) is 0.387. The number of piperazine rings is 1. The molecule has 14 nitrogen and oxygen atoms in total. The summed E-state index contributed by atoms with van der Waals surface area (Å²) in [7, 11) is 0. The number of aromatic nitrogens is 6. The fourth-order valence-corrected chi connectivity index (χ4v) is 6.00. The molecule has 0 unspecified atom stereocenters. The molecular weight excluding hydrogens is 671 g/mol. The molecule has 0 bridgehead atoms. The average molecular weight is 702 g/mol. The van der Waals surface area contributed by atoms with Crippen LogP contribution in [-0.4, -0.2) is 90.3 Å². The van der Waals surface area contributed by atoms with Gasteiger partial charge < -0.3 is 29.5 Å². The Morgan fingerprint density at radius 1 is 1.12 bits per heavy atom. The summed E-state index contributed by atoms with van der Waals surface area (Å²) in [6, 6.07) is 3.30. The number of fused-ring (bicyclic) bond motifs is 1. The third-order valence-electron chi connectivity index (χ3n) is 8.32. The Morgan fingerprint density at radius 2 is 1.88 bits per heavy atom. The lowest BCUT2D eigenvalue weighted by Gasteiger charge is -2.36. The molecule has 2 N–H and O–H groups in total. The quantitative estimate of drug-likeness (QED) is 0.293. The van der Waals surface area contributed by atoms with Crippen molar-refractivity contribution < 1.29 is 32.6 Å². The Bertz CT molecular complexity index is 2040. The smallest absolute Gasteiger partial charge is 0.433 e. The predicted octanol–water partition coefficient (Wildman–Crippen LogP) is 3.33. The summed E-state index contributed by atoms with van der Waals surface area (Å²) in [6.07, 6.45) is -0.672. The van der Waals surface area contributed by atoms with Gasteiger partial charge in [-0.25, -0.2) is 9.97 Å². The minimum atomic E-state index is -4.64. The molecule has 258 valence electrons. The average Bonchev–Trinajstić information content (AvgIpc) is 3.54. The largest absolute Gasteiger partial charge is 0.504 e. The number of rotatable bonds is 7.